The van der Waals surface area contributed by atoms with Gasteiger partial charge in [-0.2, -0.15) is 4.40 Å². The van der Waals surface area contributed by atoms with Crippen LogP contribution in [0, 0.1) is 0 Å². The first-order valence-electron chi connectivity index (χ1n) is 7.46. The molecule has 3 aromatic rings. The summed E-state index contributed by atoms with van der Waals surface area (Å²) in [6.45, 7) is 5.69. The van der Waals surface area contributed by atoms with Gasteiger partial charge in [-0.3, -0.25) is 0 Å². The van der Waals surface area contributed by atoms with E-state index in [1.165, 1.54) is 0 Å². The first-order chi connectivity index (χ1) is 11.4. The summed E-state index contributed by atoms with van der Waals surface area (Å²) in [5.41, 5.74) is 3.20. The molecule has 0 saturated carbocycles. The topological polar surface area (TPSA) is 55.5 Å². The summed E-state index contributed by atoms with van der Waals surface area (Å²) in [4.78, 5) is 0. The van der Waals surface area contributed by atoms with E-state index in [4.69, 9.17) is 4.52 Å². The van der Waals surface area contributed by atoms with E-state index in [1.807, 2.05) is 63.2 Å². The number of benzene rings is 2. The molecule has 1 atom stereocenters. The highest BCUT2D eigenvalue weighted by molar-refractivity contribution is 9.10. The molecule has 0 amide bonds. The average molecular weight is 405 g/mol. The minimum absolute atomic E-state index is 0.396. The van der Waals surface area contributed by atoms with Gasteiger partial charge in [0, 0.05) is 27.2 Å². The van der Waals surface area contributed by atoms with Crippen LogP contribution >= 0.6 is 15.9 Å². The lowest BCUT2D eigenvalue weighted by Gasteiger charge is -2.13. The van der Waals surface area contributed by atoms with Gasteiger partial charge in [-0.05, 0) is 45.0 Å². The third-order valence-corrected chi connectivity index (χ3v) is 5.30. The SMILES string of the molecule is CC(C)(C)[S@](=O)N=Cc1ccc(Br)cc1-c1noc2ccccc12. The Labute approximate surface area is 151 Å². The summed E-state index contributed by atoms with van der Waals surface area (Å²) in [7, 11) is -1.31. The Morgan fingerprint density at radius 3 is 2.71 bits per heavy atom. The van der Waals surface area contributed by atoms with Crippen molar-refractivity contribution < 1.29 is 8.73 Å². The van der Waals surface area contributed by atoms with E-state index >= 15 is 0 Å². The predicted molar refractivity (Wildman–Crippen MR) is 103 cm³/mol. The molecule has 24 heavy (non-hydrogen) atoms. The molecular weight excluding hydrogens is 388 g/mol. The maximum atomic E-state index is 12.2. The maximum absolute atomic E-state index is 12.2. The third-order valence-electron chi connectivity index (χ3n) is 3.46. The highest BCUT2D eigenvalue weighted by Crippen LogP contribution is 2.31. The zero-order valence-electron chi connectivity index (χ0n) is 13.6. The second-order valence-electron chi connectivity index (χ2n) is 6.35. The summed E-state index contributed by atoms with van der Waals surface area (Å²) >= 11 is 3.49. The zero-order chi connectivity index (χ0) is 17.3. The van der Waals surface area contributed by atoms with E-state index in [0.717, 1.165) is 32.3 Å². The van der Waals surface area contributed by atoms with Gasteiger partial charge in [-0.1, -0.05) is 39.3 Å². The van der Waals surface area contributed by atoms with Crippen LogP contribution in [-0.2, 0) is 11.0 Å². The van der Waals surface area contributed by atoms with Crippen LogP contribution in [0.25, 0.3) is 22.2 Å². The van der Waals surface area contributed by atoms with Gasteiger partial charge in [0.05, 0.1) is 4.75 Å². The van der Waals surface area contributed by atoms with Gasteiger partial charge in [0.1, 0.15) is 16.7 Å². The van der Waals surface area contributed by atoms with Gasteiger partial charge < -0.3 is 4.52 Å². The van der Waals surface area contributed by atoms with Crippen molar-refractivity contribution in [2.75, 3.05) is 0 Å². The van der Waals surface area contributed by atoms with Crippen LogP contribution in [0.3, 0.4) is 0 Å². The van der Waals surface area contributed by atoms with Gasteiger partial charge in [0.2, 0.25) is 0 Å². The number of aromatic nitrogens is 1. The normalized spacial score (nSPS) is 13.7. The van der Waals surface area contributed by atoms with Crippen molar-refractivity contribution in [2.45, 2.75) is 25.5 Å². The Balaban J connectivity index is 2.10. The molecule has 124 valence electrons. The molecule has 6 heteroatoms. The van der Waals surface area contributed by atoms with Gasteiger partial charge in [-0.15, -0.1) is 0 Å². The second kappa shape index (κ2) is 6.61. The molecule has 0 fully saturated rings. The van der Waals surface area contributed by atoms with Crippen LogP contribution in [0.4, 0.5) is 0 Å². The molecule has 0 aliphatic rings. The highest BCUT2D eigenvalue weighted by atomic mass is 79.9. The Bertz CT molecular complexity index is 942. The van der Waals surface area contributed by atoms with E-state index in [2.05, 4.69) is 25.5 Å². The minimum atomic E-state index is -1.31. The number of halogens is 1. The maximum Gasteiger partial charge on any atom is 0.167 e. The molecule has 0 saturated heterocycles. The number of hydrogen-bond donors (Lipinski definition) is 0. The molecule has 1 heterocycles. The van der Waals surface area contributed by atoms with Crippen LogP contribution in [0.15, 0.2) is 55.9 Å². The Kier molecular flexibility index (Phi) is 4.69. The molecular formula is C18H17BrN2O2S. The average Bonchev–Trinajstić information content (AvgIpc) is 2.96. The predicted octanol–water partition coefficient (Wildman–Crippen LogP) is 5.14. The zero-order valence-corrected chi connectivity index (χ0v) is 16.0. The van der Waals surface area contributed by atoms with E-state index in [9.17, 15) is 4.21 Å². The Morgan fingerprint density at radius 1 is 1.21 bits per heavy atom. The summed E-state index contributed by atoms with van der Waals surface area (Å²) in [6, 6.07) is 13.5. The van der Waals surface area contributed by atoms with Crippen molar-refractivity contribution in [1.29, 1.82) is 0 Å². The van der Waals surface area contributed by atoms with Crippen LogP contribution in [0.2, 0.25) is 0 Å². The number of rotatable bonds is 3. The van der Waals surface area contributed by atoms with Crippen LogP contribution in [0.1, 0.15) is 26.3 Å². The number of fused-ring (bicyclic) bond motifs is 1. The first-order valence-corrected chi connectivity index (χ1v) is 9.36. The lowest BCUT2D eigenvalue weighted by Crippen LogP contribution is -2.19. The second-order valence-corrected chi connectivity index (χ2v) is 9.20. The van der Waals surface area contributed by atoms with Crippen molar-refractivity contribution in [3.05, 3.63) is 52.5 Å². The van der Waals surface area contributed by atoms with E-state index < -0.39 is 15.7 Å². The molecule has 1 aromatic heterocycles. The lowest BCUT2D eigenvalue weighted by atomic mass is 10.0. The molecule has 0 bridgehead atoms. The summed E-state index contributed by atoms with van der Waals surface area (Å²) in [6.07, 6.45) is 1.65. The molecule has 0 N–H and O–H groups in total. The number of hydrogen-bond acceptors (Lipinski definition) is 3. The van der Waals surface area contributed by atoms with Crippen molar-refractivity contribution in [1.82, 2.24) is 5.16 Å². The van der Waals surface area contributed by atoms with Gasteiger partial charge >= 0.3 is 0 Å². The lowest BCUT2D eigenvalue weighted by molar-refractivity contribution is 0.459. The first kappa shape index (κ1) is 17.0. The third kappa shape index (κ3) is 3.49. The van der Waals surface area contributed by atoms with Gasteiger partial charge in [0.25, 0.3) is 0 Å². The van der Waals surface area contributed by atoms with Crippen LogP contribution < -0.4 is 0 Å². The molecule has 2 aromatic carbocycles. The standard InChI is InChI=1S/C18H17BrN2O2S/c1-18(2,3)24(22)20-11-12-8-9-13(19)10-15(12)17-14-6-4-5-7-16(14)23-21-17/h4-11H,1-3H3/t24-/m0/s1. The van der Waals surface area contributed by atoms with Crippen molar-refractivity contribution >= 4 is 44.1 Å². The van der Waals surface area contributed by atoms with Crippen molar-refractivity contribution in [2.24, 2.45) is 4.40 Å². The van der Waals surface area contributed by atoms with Gasteiger partial charge in [0.15, 0.2) is 5.58 Å². The summed E-state index contributed by atoms with van der Waals surface area (Å²) in [5.74, 6) is 0. The van der Waals surface area contributed by atoms with Gasteiger partial charge in [-0.25, -0.2) is 4.21 Å². The smallest absolute Gasteiger partial charge is 0.167 e. The summed E-state index contributed by atoms with van der Waals surface area (Å²) in [5, 5.41) is 5.14. The van der Waals surface area contributed by atoms with Crippen LogP contribution in [-0.4, -0.2) is 20.3 Å². The molecule has 4 nitrogen and oxygen atoms in total. The number of para-hydroxylation sites is 1. The molecule has 3 rings (SSSR count). The Hall–Kier alpha value is -1.79. The molecule has 0 unspecified atom stereocenters. The molecule has 0 spiro atoms. The van der Waals surface area contributed by atoms with E-state index in [-0.39, 0.29) is 0 Å². The van der Waals surface area contributed by atoms with Crippen molar-refractivity contribution in [3.63, 3.8) is 0 Å². The molecule has 0 aliphatic heterocycles. The number of nitrogens with zero attached hydrogens (tertiary/aromatic N) is 2. The monoisotopic (exact) mass is 404 g/mol. The minimum Gasteiger partial charge on any atom is -0.356 e. The summed E-state index contributed by atoms with van der Waals surface area (Å²) < 4.78 is 22.3. The molecule has 0 aliphatic carbocycles. The fourth-order valence-corrected chi connectivity index (χ4v) is 3.08. The van der Waals surface area contributed by atoms with Crippen molar-refractivity contribution in [3.8, 4) is 11.3 Å². The van der Waals surface area contributed by atoms with E-state index in [1.54, 1.807) is 6.21 Å². The van der Waals surface area contributed by atoms with E-state index in [0.29, 0.717) is 0 Å². The highest BCUT2D eigenvalue weighted by Gasteiger charge is 2.19. The fourth-order valence-electron chi connectivity index (χ4n) is 2.19. The quantitative estimate of drug-likeness (QED) is 0.567. The largest absolute Gasteiger partial charge is 0.356 e. The fraction of sp³-hybridized carbons (Fsp3) is 0.222. The molecule has 0 radical (unpaired) electrons. The van der Waals surface area contributed by atoms with Crippen LogP contribution in [0.5, 0.6) is 0 Å². The Morgan fingerprint density at radius 2 is 1.96 bits per heavy atom.